The average molecular weight is 314 g/mol. The lowest BCUT2D eigenvalue weighted by Gasteiger charge is -2.16. The second-order valence-corrected chi connectivity index (χ2v) is 6.03. The van der Waals surface area contributed by atoms with E-state index >= 15 is 0 Å². The minimum absolute atomic E-state index is 0.0609. The summed E-state index contributed by atoms with van der Waals surface area (Å²) >= 11 is 0. The molecule has 0 aromatic carbocycles. The SMILES string of the molecule is CCCCC[C@H](CC)OC(=O)CCCCCCCCC(=O)O. The van der Waals surface area contributed by atoms with Crippen LogP contribution in [0.4, 0.5) is 0 Å². The second kappa shape index (κ2) is 14.9. The van der Waals surface area contributed by atoms with Gasteiger partial charge in [-0.2, -0.15) is 0 Å². The maximum absolute atomic E-state index is 11.8. The van der Waals surface area contributed by atoms with Crippen molar-refractivity contribution >= 4 is 11.9 Å². The molecule has 1 N–H and O–H groups in total. The summed E-state index contributed by atoms with van der Waals surface area (Å²) in [5.74, 6) is -0.776. The number of aliphatic carboxylic acids is 1. The molecule has 1 atom stereocenters. The van der Waals surface area contributed by atoms with E-state index in [2.05, 4.69) is 13.8 Å². The first-order valence-electron chi connectivity index (χ1n) is 9.01. The van der Waals surface area contributed by atoms with Crippen molar-refractivity contribution < 1.29 is 19.4 Å². The highest BCUT2D eigenvalue weighted by Crippen LogP contribution is 2.13. The zero-order chi connectivity index (χ0) is 16.6. The summed E-state index contributed by atoms with van der Waals surface area (Å²) < 4.78 is 5.51. The van der Waals surface area contributed by atoms with E-state index in [9.17, 15) is 9.59 Å². The molecule has 0 saturated carbocycles. The summed E-state index contributed by atoms with van der Waals surface area (Å²) in [4.78, 5) is 22.1. The average Bonchev–Trinajstić information content (AvgIpc) is 2.48. The smallest absolute Gasteiger partial charge is 0.306 e. The van der Waals surface area contributed by atoms with E-state index < -0.39 is 5.97 Å². The van der Waals surface area contributed by atoms with Crippen molar-refractivity contribution in [3.63, 3.8) is 0 Å². The van der Waals surface area contributed by atoms with Crippen LogP contribution in [0.2, 0.25) is 0 Å². The van der Waals surface area contributed by atoms with Crippen molar-refractivity contribution in [1.29, 1.82) is 0 Å². The first kappa shape index (κ1) is 20.9. The van der Waals surface area contributed by atoms with Crippen LogP contribution in [-0.2, 0) is 14.3 Å². The Balaban J connectivity index is 3.49. The van der Waals surface area contributed by atoms with Gasteiger partial charge in [-0.1, -0.05) is 52.4 Å². The van der Waals surface area contributed by atoms with E-state index in [0.29, 0.717) is 6.42 Å². The zero-order valence-electron chi connectivity index (χ0n) is 14.4. The number of carboxylic acids is 1. The Morgan fingerprint density at radius 3 is 2.00 bits per heavy atom. The van der Waals surface area contributed by atoms with Gasteiger partial charge in [0.2, 0.25) is 0 Å². The molecule has 0 radical (unpaired) electrons. The maximum atomic E-state index is 11.8. The number of carboxylic acid groups (broad SMARTS) is 1. The molecule has 0 unspecified atom stereocenters. The van der Waals surface area contributed by atoms with Crippen molar-refractivity contribution in [2.45, 2.75) is 103 Å². The molecule has 130 valence electrons. The van der Waals surface area contributed by atoms with Crippen LogP contribution in [0.5, 0.6) is 0 Å². The van der Waals surface area contributed by atoms with Crippen LogP contribution in [0.1, 0.15) is 97.3 Å². The van der Waals surface area contributed by atoms with Crippen LogP contribution in [0, 0.1) is 0 Å². The summed E-state index contributed by atoms with van der Waals surface area (Å²) in [5.41, 5.74) is 0. The highest BCUT2D eigenvalue weighted by Gasteiger charge is 2.11. The van der Waals surface area contributed by atoms with Crippen molar-refractivity contribution in [3.05, 3.63) is 0 Å². The second-order valence-electron chi connectivity index (χ2n) is 6.03. The Bertz CT molecular complexity index is 289. The van der Waals surface area contributed by atoms with Gasteiger partial charge in [-0.15, -0.1) is 0 Å². The van der Waals surface area contributed by atoms with E-state index in [1.807, 2.05) is 0 Å². The lowest BCUT2D eigenvalue weighted by atomic mass is 10.1. The molecule has 0 aromatic rings. The summed E-state index contributed by atoms with van der Waals surface area (Å²) in [6.07, 6.45) is 12.0. The van der Waals surface area contributed by atoms with E-state index in [-0.39, 0.29) is 18.5 Å². The molecule has 4 nitrogen and oxygen atoms in total. The first-order valence-corrected chi connectivity index (χ1v) is 9.01. The standard InChI is InChI=1S/C18H34O4/c1-3-5-10-13-16(4-2)22-18(21)15-12-9-7-6-8-11-14-17(19)20/h16H,3-15H2,1-2H3,(H,19,20)/t16-/m0/s1. The fourth-order valence-corrected chi connectivity index (χ4v) is 2.47. The zero-order valence-corrected chi connectivity index (χ0v) is 14.4. The number of rotatable bonds is 15. The van der Waals surface area contributed by atoms with E-state index in [1.54, 1.807) is 0 Å². The van der Waals surface area contributed by atoms with Crippen LogP contribution in [0.15, 0.2) is 0 Å². The minimum atomic E-state index is -0.716. The van der Waals surface area contributed by atoms with Gasteiger partial charge < -0.3 is 9.84 Å². The molecule has 0 aliphatic rings. The Kier molecular flexibility index (Phi) is 14.1. The highest BCUT2D eigenvalue weighted by atomic mass is 16.5. The third kappa shape index (κ3) is 13.9. The summed E-state index contributed by atoms with van der Waals surface area (Å²) in [6, 6.07) is 0. The highest BCUT2D eigenvalue weighted by molar-refractivity contribution is 5.69. The predicted molar refractivity (Wildman–Crippen MR) is 88.9 cm³/mol. The summed E-state index contributed by atoms with van der Waals surface area (Å²) in [5, 5.41) is 8.52. The molecule has 0 heterocycles. The molecule has 0 amide bonds. The molecule has 22 heavy (non-hydrogen) atoms. The molecule has 0 saturated heterocycles. The topological polar surface area (TPSA) is 63.6 Å². The number of ether oxygens (including phenoxy) is 1. The van der Waals surface area contributed by atoms with E-state index in [1.165, 1.54) is 12.8 Å². The van der Waals surface area contributed by atoms with Crippen LogP contribution in [-0.4, -0.2) is 23.1 Å². The largest absolute Gasteiger partial charge is 0.481 e. The molecule has 4 heteroatoms. The molecule has 0 aliphatic carbocycles. The lowest BCUT2D eigenvalue weighted by Crippen LogP contribution is -2.17. The Hall–Kier alpha value is -1.06. The molecule has 0 bridgehead atoms. The van der Waals surface area contributed by atoms with Gasteiger partial charge in [0.25, 0.3) is 0 Å². The van der Waals surface area contributed by atoms with Gasteiger partial charge in [0.1, 0.15) is 6.10 Å². The van der Waals surface area contributed by atoms with Gasteiger partial charge in [-0.25, -0.2) is 0 Å². The number of hydrogen-bond acceptors (Lipinski definition) is 3. The fraction of sp³-hybridized carbons (Fsp3) is 0.889. The monoisotopic (exact) mass is 314 g/mol. The Morgan fingerprint density at radius 2 is 1.45 bits per heavy atom. The Labute approximate surface area is 135 Å². The normalized spacial score (nSPS) is 12.1. The van der Waals surface area contributed by atoms with Crippen molar-refractivity contribution in [2.75, 3.05) is 0 Å². The number of carbonyl (C=O) groups is 2. The number of unbranched alkanes of at least 4 members (excludes halogenated alkanes) is 7. The van der Waals surface area contributed by atoms with Crippen LogP contribution in [0.25, 0.3) is 0 Å². The van der Waals surface area contributed by atoms with E-state index in [4.69, 9.17) is 9.84 Å². The van der Waals surface area contributed by atoms with Crippen molar-refractivity contribution in [1.82, 2.24) is 0 Å². The molecule has 0 aliphatic heterocycles. The lowest BCUT2D eigenvalue weighted by molar-refractivity contribution is -0.149. The molecule has 0 spiro atoms. The third-order valence-electron chi connectivity index (χ3n) is 3.90. The molecule has 0 aromatic heterocycles. The van der Waals surface area contributed by atoms with Crippen LogP contribution in [0.3, 0.4) is 0 Å². The molecule has 0 rings (SSSR count). The van der Waals surface area contributed by atoms with Gasteiger partial charge in [-0.05, 0) is 32.1 Å². The van der Waals surface area contributed by atoms with Crippen molar-refractivity contribution in [2.24, 2.45) is 0 Å². The molecule has 0 fully saturated rings. The van der Waals surface area contributed by atoms with E-state index in [0.717, 1.165) is 57.8 Å². The van der Waals surface area contributed by atoms with Gasteiger partial charge in [0, 0.05) is 12.8 Å². The fourth-order valence-electron chi connectivity index (χ4n) is 2.47. The number of carbonyl (C=O) groups excluding carboxylic acids is 1. The third-order valence-corrected chi connectivity index (χ3v) is 3.90. The summed E-state index contributed by atoms with van der Waals surface area (Å²) in [6.45, 7) is 4.25. The summed E-state index contributed by atoms with van der Waals surface area (Å²) in [7, 11) is 0. The number of esters is 1. The van der Waals surface area contributed by atoms with Crippen LogP contribution < -0.4 is 0 Å². The maximum Gasteiger partial charge on any atom is 0.306 e. The quantitative estimate of drug-likeness (QED) is 0.337. The van der Waals surface area contributed by atoms with Gasteiger partial charge in [0.15, 0.2) is 0 Å². The molecular formula is C18H34O4. The van der Waals surface area contributed by atoms with Crippen LogP contribution >= 0.6 is 0 Å². The van der Waals surface area contributed by atoms with Gasteiger partial charge in [-0.3, -0.25) is 9.59 Å². The van der Waals surface area contributed by atoms with Gasteiger partial charge >= 0.3 is 11.9 Å². The first-order chi connectivity index (χ1) is 10.6. The predicted octanol–water partition coefficient (Wildman–Crippen LogP) is 5.09. The Morgan fingerprint density at radius 1 is 0.864 bits per heavy atom. The minimum Gasteiger partial charge on any atom is -0.481 e. The van der Waals surface area contributed by atoms with Crippen molar-refractivity contribution in [3.8, 4) is 0 Å². The number of hydrogen-bond donors (Lipinski definition) is 1. The molecular weight excluding hydrogens is 280 g/mol. The van der Waals surface area contributed by atoms with Gasteiger partial charge in [0.05, 0.1) is 0 Å².